The lowest BCUT2D eigenvalue weighted by atomic mass is 10.2. The molecular formula is C7H6N2. The van der Waals surface area contributed by atoms with Crippen LogP contribution in [0.4, 0.5) is 0 Å². The van der Waals surface area contributed by atoms with Crippen LogP contribution in [-0.4, -0.2) is 4.98 Å². The number of hydrogen-bond acceptors (Lipinski definition) is 2. The second-order valence-electron chi connectivity index (χ2n) is 1.80. The lowest BCUT2D eigenvalue weighted by molar-refractivity contribution is 1.19. The molecule has 9 heavy (non-hydrogen) atoms. The highest BCUT2D eigenvalue weighted by molar-refractivity contribution is 5.27. The minimum absolute atomic E-state index is 0.669. The zero-order valence-electron chi connectivity index (χ0n) is 5.13. The van der Waals surface area contributed by atoms with Gasteiger partial charge in [0.15, 0.2) is 0 Å². The Balaban J connectivity index is 3.12. The predicted molar refractivity (Wildman–Crippen MR) is 33.7 cm³/mol. The van der Waals surface area contributed by atoms with Gasteiger partial charge in [-0.15, -0.1) is 0 Å². The van der Waals surface area contributed by atoms with Crippen LogP contribution in [0, 0.1) is 18.3 Å². The van der Waals surface area contributed by atoms with Gasteiger partial charge < -0.3 is 0 Å². The average molecular weight is 118 g/mol. The summed E-state index contributed by atoms with van der Waals surface area (Å²) in [4.78, 5) is 3.94. The lowest BCUT2D eigenvalue weighted by Crippen LogP contribution is -1.79. The van der Waals surface area contributed by atoms with Crippen molar-refractivity contribution in [1.29, 1.82) is 5.26 Å². The van der Waals surface area contributed by atoms with E-state index in [1.807, 2.05) is 13.0 Å². The SMILES string of the molecule is Cc1cc(C#N)ccn1. The summed E-state index contributed by atoms with van der Waals surface area (Å²) in [6.07, 6.45) is 1.63. The summed E-state index contributed by atoms with van der Waals surface area (Å²) in [6.45, 7) is 1.86. The molecule has 0 aromatic carbocycles. The van der Waals surface area contributed by atoms with Crippen molar-refractivity contribution in [2.75, 3.05) is 0 Å². The van der Waals surface area contributed by atoms with Crippen molar-refractivity contribution in [1.82, 2.24) is 4.98 Å². The van der Waals surface area contributed by atoms with E-state index in [1.165, 1.54) is 0 Å². The largest absolute Gasteiger partial charge is 0.262 e. The topological polar surface area (TPSA) is 36.7 Å². The molecule has 1 rings (SSSR count). The van der Waals surface area contributed by atoms with E-state index in [4.69, 9.17) is 5.26 Å². The molecule has 2 nitrogen and oxygen atoms in total. The predicted octanol–water partition coefficient (Wildman–Crippen LogP) is 1.26. The third-order valence-corrected chi connectivity index (χ3v) is 1.03. The molecule has 0 spiro atoms. The van der Waals surface area contributed by atoms with Gasteiger partial charge in [-0.25, -0.2) is 0 Å². The number of rotatable bonds is 0. The summed E-state index contributed by atoms with van der Waals surface area (Å²) in [5.41, 5.74) is 1.55. The summed E-state index contributed by atoms with van der Waals surface area (Å²) >= 11 is 0. The van der Waals surface area contributed by atoms with E-state index in [-0.39, 0.29) is 0 Å². The van der Waals surface area contributed by atoms with Gasteiger partial charge in [0.05, 0.1) is 11.6 Å². The summed E-state index contributed by atoms with van der Waals surface area (Å²) in [5.74, 6) is 0. The van der Waals surface area contributed by atoms with E-state index in [0.29, 0.717) is 5.56 Å². The third kappa shape index (κ3) is 1.26. The molecule has 1 aromatic rings. The first-order valence-corrected chi connectivity index (χ1v) is 2.65. The maximum absolute atomic E-state index is 8.38. The second-order valence-corrected chi connectivity index (χ2v) is 1.80. The monoisotopic (exact) mass is 118 g/mol. The molecule has 0 amide bonds. The molecule has 1 aromatic heterocycles. The Morgan fingerprint density at radius 1 is 1.67 bits per heavy atom. The van der Waals surface area contributed by atoms with Crippen molar-refractivity contribution in [3.8, 4) is 6.07 Å². The fraction of sp³-hybridized carbons (Fsp3) is 0.143. The van der Waals surface area contributed by atoms with Gasteiger partial charge in [-0.05, 0) is 19.1 Å². The van der Waals surface area contributed by atoms with Crippen LogP contribution < -0.4 is 0 Å². The first-order valence-electron chi connectivity index (χ1n) is 2.65. The van der Waals surface area contributed by atoms with Gasteiger partial charge in [-0.2, -0.15) is 5.26 Å². The number of nitrogens with zero attached hydrogens (tertiary/aromatic N) is 2. The molecule has 0 N–H and O–H groups in total. The number of aromatic nitrogens is 1. The molecule has 0 radical (unpaired) electrons. The molecular weight excluding hydrogens is 112 g/mol. The van der Waals surface area contributed by atoms with Gasteiger partial charge in [0.2, 0.25) is 0 Å². The summed E-state index contributed by atoms with van der Waals surface area (Å²) in [7, 11) is 0. The van der Waals surface area contributed by atoms with Crippen molar-refractivity contribution in [2.45, 2.75) is 6.92 Å². The van der Waals surface area contributed by atoms with Crippen molar-refractivity contribution < 1.29 is 0 Å². The Morgan fingerprint density at radius 3 is 2.89 bits per heavy atom. The molecule has 0 aliphatic carbocycles. The van der Waals surface area contributed by atoms with Crippen LogP contribution >= 0.6 is 0 Å². The van der Waals surface area contributed by atoms with Crippen LogP contribution in [0.25, 0.3) is 0 Å². The van der Waals surface area contributed by atoms with Crippen LogP contribution in [0.3, 0.4) is 0 Å². The highest BCUT2D eigenvalue weighted by Gasteiger charge is 1.87. The first kappa shape index (κ1) is 5.77. The Hall–Kier alpha value is -1.36. The van der Waals surface area contributed by atoms with Gasteiger partial charge in [0, 0.05) is 11.9 Å². The Morgan fingerprint density at radius 2 is 2.44 bits per heavy atom. The van der Waals surface area contributed by atoms with Crippen LogP contribution in [0.5, 0.6) is 0 Å². The molecule has 0 atom stereocenters. The van der Waals surface area contributed by atoms with E-state index in [1.54, 1.807) is 18.3 Å². The standard InChI is InChI=1S/C7H6N2/c1-6-4-7(5-8)2-3-9-6/h2-4H,1H3. The van der Waals surface area contributed by atoms with Crippen molar-refractivity contribution in [2.24, 2.45) is 0 Å². The fourth-order valence-electron chi connectivity index (χ4n) is 0.615. The highest BCUT2D eigenvalue weighted by Crippen LogP contribution is 1.96. The summed E-state index contributed by atoms with van der Waals surface area (Å²) in [6, 6.07) is 5.47. The molecule has 44 valence electrons. The van der Waals surface area contributed by atoms with Crippen molar-refractivity contribution >= 4 is 0 Å². The van der Waals surface area contributed by atoms with Crippen molar-refractivity contribution in [3.63, 3.8) is 0 Å². The van der Waals surface area contributed by atoms with Gasteiger partial charge in [-0.1, -0.05) is 0 Å². The van der Waals surface area contributed by atoms with Crippen molar-refractivity contribution in [3.05, 3.63) is 29.6 Å². The lowest BCUT2D eigenvalue weighted by Gasteiger charge is -1.87. The van der Waals surface area contributed by atoms with Crippen LogP contribution in [-0.2, 0) is 0 Å². The zero-order valence-corrected chi connectivity index (χ0v) is 5.13. The molecule has 0 fully saturated rings. The minimum atomic E-state index is 0.669. The Labute approximate surface area is 53.8 Å². The molecule has 0 bridgehead atoms. The highest BCUT2D eigenvalue weighted by atomic mass is 14.6. The molecule has 0 saturated heterocycles. The smallest absolute Gasteiger partial charge is 0.0992 e. The molecule has 2 heteroatoms. The number of pyridine rings is 1. The summed E-state index contributed by atoms with van der Waals surface area (Å²) in [5, 5.41) is 8.38. The van der Waals surface area contributed by atoms with Crippen LogP contribution in [0.15, 0.2) is 18.3 Å². The van der Waals surface area contributed by atoms with E-state index in [9.17, 15) is 0 Å². The van der Waals surface area contributed by atoms with E-state index in [0.717, 1.165) is 5.69 Å². The van der Waals surface area contributed by atoms with Gasteiger partial charge >= 0.3 is 0 Å². The average Bonchev–Trinajstić information content (AvgIpc) is 1.88. The summed E-state index contributed by atoms with van der Waals surface area (Å²) < 4.78 is 0. The van der Waals surface area contributed by atoms with E-state index < -0.39 is 0 Å². The van der Waals surface area contributed by atoms with Crippen LogP contribution in [0.1, 0.15) is 11.3 Å². The minimum Gasteiger partial charge on any atom is -0.262 e. The molecule has 0 aliphatic rings. The quantitative estimate of drug-likeness (QED) is 0.514. The number of hydrogen-bond donors (Lipinski definition) is 0. The fourth-order valence-corrected chi connectivity index (χ4v) is 0.615. The van der Waals surface area contributed by atoms with Gasteiger partial charge in [-0.3, -0.25) is 4.98 Å². The maximum Gasteiger partial charge on any atom is 0.0992 e. The van der Waals surface area contributed by atoms with E-state index >= 15 is 0 Å². The Kier molecular flexibility index (Phi) is 1.46. The molecule has 0 saturated carbocycles. The van der Waals surface area contributed by atoms with Crippen LogP contribution in [0.2, 0.25) is 0 Å². The normalized spacial score (nSPS) is 8.44. The third-order valence-electron chi connectivity index (χ3n) is 1.03. The first-order chi connectivity index (χ1) is 4.33. The molecule has 0 unspecified atom stereocenters. The molecule has 0 aliphatic heterocycles. The molecule has 1 heterocycles. The Bertz CT molecular complexity index is 247. The maximum atomic E-state index is 8.38. The zero-order chi connectivity index (χ0) is 6.69. The van der Waals surface area contributed by atoms with Gasteiger partial charge in [0.1, 0.15) is 0 Å². The number of aryl methyl sites for hydroxylation is 1. The van der Waals surface area contributed by atoms with E-state index in [2.05, 4.69) is 4.98 Å². The second kappa shape index (κ2) is 2.27. The van der Waals surface area contributed by atoms with Gasteiger partial charge in [0.25, 0.3) is 0 Å². The number of nitriles is 1.